The molecule has 6 nitrogen and oxygen atoms in total. The van der Waals surface area contributed by atoms with Crippen LogP contribution in [0.4, 0.5) is 13.2 Å². The number of alkyl halides is 3. The minimum Gasteiger partial charge on any atom is -0.406 e. The zero-order valence-corrected chi connectivity index (χ0v) is 12.9. The predicted octanol–water partition coefficient (Wildman–Crippen LogP) is 1.54. The Morgan fingerprint density at radius 1 is 1.24 bits per heavy atom. The van der Waals surface area contributed by atoms with E-state index in [1.807, 2.05) is 0 Å². The van der Waals surface area contributed by atoms with E-state index in [2.05, 4.69) is 10.1 Å². The number of rotatable bonds is 6. The van der Waals surface area contributed by atoms with Crippen molar-refractivity contribution in [3.8, 4) is 5.75 Å². The summed E-state index contributed by atoms with van der Waals surface area (Å²) in [5.74, 6) is -1.19. The lowest BCUT2D eigenvalue weighted by atomic mass is 10.2. The second kappa shape index (κ2) is 7.84. The zero-order chi connectivity index (χ0) is 18.4. The summed E-state index contributed by atoms with van der Waals surface area (Å²) in [6.07, 6.45) is -4.40. The molecule has 0 bridgehead atoms. The molecule has 134 valence electrons. The van der Waals surface area contributed by atoms with Crippen molar-refractivity contribution < 1.29 is 27.8 Å². The summed E-state index contributed by atoms with van der Waals surface area (Å²) >= 11 is 0. The van der Waals surface area contributed by atoms with Gasteiger partial charge in [0.1, 0.15) is 5.75 Å². The number of pyridine rings is 1. The van der Waals surface area contributed by atoms with Gasteiger partial charge < -0.3 is 19.7 Å². The molecule has 25 heavy (non-hydrogen) atoms. The number of hydrogen-bond donors (Lipinski definition) is 2. The fourth-order valence-corrected chi connectivity index (χ4v) is 2.05. The van der Waals surface area contributed by atoms with Crippen LogP contribution in [-0.2, 0) is 6.54 Å². The molecule has 0 aliphatic heterocycles. The van der Waals surface area contributed by atoms with Gasteiger partial charge in [0.05, 0.1) is 12.6 Å². The van der Waals surface area contributed by atoms with Crippen molar-refractivity contribution in [1.29, 1.82) is 0 Å². The van der Waals surface area contributed by atoms with E-state index >= 15 is 0 Å². The highest BCUT2D eigenvalue weighted by molar-refractivity contribution is 5.94. The first-order chi connectivity index (χ1) is 11.7. The molecule has 0 aliphatic rings. The van der Waals surface area contributed by atoms with Crippen LogP contribution in [0.5, 0.6) is 5.75 Å². The summed E-state index contributed by atoms with van der Waals surface area (Å²) in [6, 6.07) is 9.08. The first-order valence-corrected chi connectivity index (χ1v) is 7.22. The van der Waals surface area contributed by atoms with Gasteiger partial charge in [-0.1, -0.05) is 12.1 Å². The van der Waals surface area contributed by atoms with Gasteiger partial charge in [-0.2, -0.15) is 0 Å². The number of halogens is 3. The van der Waals surface area contributed by atoms with Crippen LogP contribution >= 0.6 is 0 Å². The number of ether oxygens (including phenoxy) is 1. The van der Waals surface area contributed by atoms with Crippen molar-refractivity contribution in [1.82, 2.24) is 9.88 Å². The highest BCUT2D eigenvalue weighted by Crippen LogP contribution is 2.23. The van der Waals surface area contributed by atoms with Crippen LogP contribution < -0.4 is 15.6 Å². The van der Waals surface area contributed by atoms with Gasteiger partial charge in [-0.25, -0.2) is 0 Å². The first-order valence-electron chi connectivity index (χ1n) is 7.22. The molecule has 2 aromatic rings. The molecular formula is C16H15F3N2O4. The Morgan fingerprint density at radius 2 is 2.00 bits per heavy atom. The van der Waals surface area contributed by atoms with E-state index in [4.69, 9.17) is 0 Å². The van der Waals surface area contributed by atoms with Crippen LogP contribution in [0.1, 0.15) is 10.4 Å². The summed E-state index contributed by atoms with van der Waals surface area (Å²) in [6.45, 7) is -0.207. The van der Waals surface area contributed by atoms with Gasteiger partial charge in [0.15, 0.2) is 0 Å². The standard InChI is InChI=1S/C16H15F3N2O4/c17-16(18,19)25-13-5-3-4-11(8-13)15(24)20-9-12(22)10-21-7-2-1-6-14(21)23/h1-8,12,22H,9-10H2,(H,20,24). The number of aliphatic hydroxyl groups is 1. The molecule has 1 aromatic carbocycles. The van der Waals surface area contributed by atoms with Crippen molar-refractivity contribution in [3.05, 3.63) is 64.6 Å². The second-order valence-electron chi connectivity index (χ2n) is 5.13. The molecule has 2 rings (SSSR count). The van der Waals surface area contributed by atoms with E-state index in [1.54, 1.807) is 12.1 Å². The van der Waals surface area contributed by atoms with E-state index < -0.39 is 24.1 Å². The van der Waals surface area contributed by atoms with Crippen molar-refractivity contribution in [2.75, 3.05) is 6.54 Å². The summed E-state index contributed by atoms with van der Waals surface area (Å²) < 4.78 is 41.6. The average molecular weight is 356 g/mol. The third kappa shape index (κ3) is 5.96. The Hall–Kier alpha value is -2.81. The molecule has 1 aromatic heterocycles. The maximum absolute atomic E-state index is 12.2. The number of hydrogen-bond acceptors (Lipinski definition) is 4. The third-order valence-corrected chi connectivity index (χ3v) is 3.13. The topological polar surface area (TPSA) is 80.6 Å². The molecule has 1 unspecified atom stereocenters. The van der Waals surface area contributed by atoms with E-state index in [0.717, 1.165) is 12.1 Å². The Kier molecular flexibility index (Phi) is 5.81. The van der Waals surface area contributed by atoms with Crippen LogP contribution in [0.25, 0.3) is 0 Å². The van der Waals surface area contributed by atoms with Crippen molar-refractivity contribution in [2.45, 2.75) is 19.0 Å². The number of benzene rings is 1. The van der Waals surface area contributed by atoms with Gasteiger partial charge in [0.2, 0.25) is 0 Å². The SMILES string of the molecule is O=C(NCC(O)Cn1ccccc1=O)c1cccc(OC(F)(F)F)c1. The van der Waals surface area contributed by atoms with Crippen LogP contribution in [0.15, 0.2) is 53.5 Å². The van der Waals surface area contributed by atoms with Crippen LogP contribution in [0, 0.1) is 0 Å². The van der Waals surface area contributed by atoms with Gasteiger partial charge in [0, 0.05) is 24.4 Å². The normalized spacial score (nSPS) is 12.5. The Balaban J connectivity index is 1.92. The van der Waals surface area contributed by atoms with Crippen molar-refractivity contribution in [2.24, 2.45) is 0 Å². The highest BCUT2D eigenvalue weighted by atomic mass is 19.4. The number of aromatic nitrogens is 1. The minimum absolute atomic E-state index is 0.0306. The maximum Gasteiger partial charge on any atom is 0.573 e. The fourth-order valence-electron chi connectivity index (χ4n) is 2.05. The number of amides is 1. The van der Waals surface area contributed by atoms with Gasteiger partial charge in [-0.3, -0.25) is 9.59 Å². The minimum atomic E-state index is -4.85. The van der Waals surface area contributed by atoms with E-state index in [0.29, 0.717) is 0 Å². The zero-order valence-electron chi connectivity index (χ0n) is 12.9. The molecular weight excluding hydrogens is 341 g/mol. The summed E-state index contributed by atoms with van der Waals surface area (Å²) in [4.78, 5) is 23.5. The number of carbonyl (C=O) groups excluding carboxylic acids is 1. The summed E-state index contributed by atoms with van der Waals surface area (Å²) in [5.41, 5.74) is -0.351. The monoisotopic (exact) mass is 356 g/mol. The molecule has 1 atom stereocenters. The molecule has 9 heteroatoms. The third-order valence-electron chi connectivity index (χ3n) is 3.13. The molecule has 1 heterocycles. The first kappa shape index (κ1) is 18.5. The average Bonchev–Trinajstić information content (AvgIpc) is 2.53. The largest absolute Gasteiger partial charge is 0.573 e. The van der Waals surface area contributed by atoms with E-state index in [-0.39, 0.29) is 24.2 Å². The van der Waals surface area contributed by atoms with Crippen LogP contribution in [-0.4, -0.2) is 34.6 Å². The predicted molar refractivity (Wildman–Crippen MR) is 82.2 cm³/mol. The van der Waals surface area contributed by atoms with Crippen molar-refractivity contribution >= 4 is 5.91 Å². The molecule has 2 N–H and O–H groups in total. The smallest absolute Gasteiger partial charge is 0.406 e. The second-order valence-corrected chi connectivity index (χ2v) is 5.13. The van der Waals surface area contributed by atoms with Crippen LogP contribution in [0.2, 0.25) is 0 Å². The van der Waals surface area contributed by atoms with Gasteiger partial charge >= 0.3 is 6.36 Å². The Bertz CT molecular complexity index is 789. The summed E-state index contributed by atoms with van der Waals surface area (Å²) in [7, 11) is 0. The molecule has 1 amide bonds. The fraction of sp³-hybridized carbons (Fsp3) is 0.250. The lowest BCUT2D eigenvalue weighted by molar-refractivity contribution is -0.274. The number of aliphatic hydroxyl groups excluding tert-OH is 1. The number of carbonyl (C=O) groups is 1. The van der Waals surface area contributed by atoms with Gasteiger partial charge in [0.25, 0.3) is 11.5 Å². The number of nitrogens with one attached hydrogen (secondary N) is 1. The molecule has 0 saturated carbocycles. The van der Waals surface area contributed by atoms with Crippen molar-refractivity contribution in [3.63, 3.8) is 0 Å². The van der Waals surface area contributed by atoms with Gasteiger partial charge in [-0.05, 0) is 24.3 Å². The molecule has 0 aliphatic carbocycles. The highest BCUT2D eigenvalue weighted by Gasteiger charge is 2.31. The lowest BCUT2D eigenvalue weighted by Crippen LogP contribution is -2.36. The Morgan fingerprint density at radius 3 is 2.68 bits per heavy atom. The van der Waals surface area contributed by atoms with Crippen LogP contribution in [0.3, 0.4) is 0 Å². The summed E-state index contributed by atoms with van der Waals surface area (Å²) in [5, 5.41) is 12.3. The Labute approximate surface area is 140 Å². The lowest BCUT2D eigenvalue weighted by Gasteiger charge is -2.14. The molecule has 0 radical (unpaired) electrons. The van der Waals surface area contributed by atoms with Gasteiger partial charge in [-0.15, -0.1) is 13.2 Å². The molecule has 0 saturated heterocycles. The number of nitrogens with zero attached hydrogens (tertiary/aromatic N) is 1. The molecule has 0 fully saturated rings. The molecule has 0 spiro atoms. The maximum atomic E-state index is 12.2. The van der Waals surface area contributed by atoms with E-state index in [9.17, 15) is 27.9 Å². The quantitative estimate of drug-likeness (QED) is 0.823. The van der Waals surface area contributed by atoms with E-state index in [1.165, 1.54) is 29.0 Å².